The van der Waals surface area contributed by atoms with Gasteiger partial charge in [-0.3, -0.25) is 16.3 Å². The highest BCUT2D eigenvalue weighted by Gasteiger charge is 2.09. The summed E-state index contributed by atoms with van der Waals surface area (Å²) in [6.45, 7) is 0. The largest absolute Gasteiger partial charge is 0.271 e. The number of halogens is 2. The van der Waals surface area contributed by atoms with Gasteiger partial charge in [0.2, 0.25) is 0 Å². The minimum atomic E-state index is -0.220. The molecule has 1 heterocycles. The van der Waals surface area contributed by atoms with Crippen molar-refractivity contribution in [3.8, 4) is 0 Å². The van der Waals surface area contributed by atoms with Gasteiger partial charge in [0.15, 0.2) is 0 Å². The first-order chi connectivity index (χ1) is 9.67. The Hall–Kier alpha value is -0.950. The second kappa shape index (κ2) is 7.73. The zero-order chi connectivity index (χ0) is 14.4. The lowest BCUT2D eigenvalue weighted by Crippen LogP contribution is -2.38. The van der Waals surface area contributed by atoms with Crippen molar-refractivity contribution in [3.63, 3.8) is 0 Å². The van der Waals surface area contributed by atoms with E-state index >= 15 is 0 Å². The van der Waals surface area contributed by atoms with E-state index in [2.05, 4.69) is 26.3 Å². The molecule has 0 saturated carbocycles. The van der Waals surface area contributed by atoms with Crippen LogP contribution in [0.15, 0.2) is 52.0 Å². The van der Waals surface area contributed by atoms with E-state index in [1.165, 1.54) is 12.1 Å². The van der Waals surface area contributed by atoms with Crippen molar-refractivity contribution in [1.29, 1.82) is 0 Å². The molecule has 0 radical (unpaired) electrons. The molecular weight excluding hydrogens is 341 g/mol. The third kappa shape index (κ3) is 4.86. The maximum absolute atomic E-state index is 12.8. The van der Waals surface area contributed by atoms with Gasteiger partial charge < -0.3 is 0 Å². The summed E-state index contributed by atoms with van der Waals surface area (Å²) in [6.07, 6.45) is 2.52. The second-order valence-corrected chi connectivity index (χ2v) is 6.31. The predicted molar refractivity (Wildman–Crippen MR) is 83.9 cm³/mol. The molecule has 1 atom stereocenters. The summed E-state index contributed by atoms with van der Waals surface area (Å²) >= 11 is 5.00. The smallest absolute Gasteiger partial charge is 0.123 e. The number of nitrogens with two attached hydrogens (primary N) is 1. The number of aromatic nitrogens is 1. The summed E-state index contributed by atoms with van der Waals surface area (Å²) < 4.78 is 13.8. The van der Waals surface area contributed by atoms with E-state index in [0.29, 0.717) is 0 Å². The van der Waals surface area contributed by atoms with Gasteiger partial charge in [-0.05, 0) is 52.3 Å². The summed E-state index contributed by atoms with van der Waals surface area (Å²) in [4.78, 5) is 5.35. The minimum absolute atomic E-state index is 0.110. The van der Waals surface area contributed by atoms with E-state index in [1.54, 1.807) is 30.1 Å². The quantitative estimate of drug-likeness (QED) is 0.474. The summed E-state index contributed by atoms with van der Waals surface area (Å²) in [7, 11) is 0. The molecule has 1 aromatic heterocycles. The molecule has 0 fully saturated rings. The molecule has 6 heteroatoms. The number of nitrogens with zero attached hydrogens (tertiary/aromatic N) is 1. The van der Waals surface area contributed by atoms with Crippen molar-refractivity contribution in [2.75, 3.05) is 5.75 Å². The molecule has 3 nitrogen and oxygen atoms in total. The van der Waals surface area contributed by atoms with Crippen LogP contribution in [0.3, 0.4) is 0 Å². The number of hydrazine groups is 1. The van der Waals surface area contributed by atoms with Gasteiger partial charge in [0, 0.05) is 39.5 Å². The molecule has 0 amide bonds. The van der Waals surface area contributed by atoms with E-state index in [0.717, 1.165) is 27.2 Å². The molecule has 106 valence electrons. The van der Waals surface area contributed by atoms with E-state index in [4.69, 9.17) is 5.84 Å². The van der Waals surface area contributed by atoms with Gasteiger partial charge in [0.25, 0.3) is 0 Å². The SMILES string of the molecule is NNC(CSc1ccc(F)cc1)Cc1ccc(Br)cn1. The van der Waals surface area contributed by atoms with Gasteiger partial charge in [-0.1, -0.05) is 0 Å². The molecule has 0 spiro atoms. The fraction of sp³-hybridized carbons (Fsp3) is 0.214. The zero-order valence-electron chi connectivity index (χ0n) is 10.7. The average molecular weight is 356 g/mol. The van der Waals surface area contributed by atoms with Crippen molar-refractivity contribution >= 4 is 27.7 Å². The third-order valence-electron chi connectivity index (χ3n) is 2.74. The van der Waals surface area contributed by atoms with Gasteiger partial charge in [0.1, 0.15) is 5.82 Å². The van der Waals surface area contributed by atoms with Crippen LogP contribution in [0.25, 0.3) is 0 Å². The summed E-state index contributed by atoms with van der Waals surface area (Å²) in [5, 5.41) is 0. The van der Waals surface area contributed by atoms with Gasteiger partial charge in [-0.25, -0.2) is 4.39 Å². The zero-order valence-corrected chi connectivity index (χ0v) is 13.1. The topological polar surface area (TPSA) is 50.9 Å². The van der Waals surface area contributed by atoms with E-state index in [-0.39, 0.29) is 11.9 Å². The van der Waals surface area contributed by atoms with E-state index in [1.807, 2.05) is 12.1 Å². The molecule has 3 N–H and O–H groups in total. The van der Waals surface area contributed by atoms with Crippen LogP contribution in [-0.4, -0.2) is 16.8 Å². The number of hydrogen-bond acceptors (Lipinski definition) is 4. The van der Waals surface area contributed by atoms with Gasteiger partial charge >= 0.3 is 0 Å². The summed E-state index contributed by atoms with van der Waals surface area (Å²) in [6, 6.07) is 10.5. The average Bonchev–Trinajstić information content (AvgIpc) is 2.47. The number of rotatable bonds is 6. The summed E-state index contributed by atoms with van der Waals surface area (Å²) in [5.74, 6) is 6.15. The Kier molecular flexibility index (Phi) is 5.97. The van der Waals surface area contributed by atoms with Crippen molar-refractivity contribution in [1.82, 2.24) is 10.4 Å². The fourth-order valence-electron chi connectivity index (χ4n) is 1.67. The highest BCUT2D eigenvalue weighted by molar-refractivity contribution is 9.10. The van der Waals surface area contributed by atoms with E-state index in [9.17, 15) is 4.39 Å². The Morgan fingerprint density at radius 2 is 2.00 bits per heavy atom. The number of thioether (sulfide) groups is 1. The van der Waals surface area contributed by atoms with Crippen LogP contribution in [0.2, 0.25) is 0 Å². The maximum Gasteiger partial charge on any atom is 0.123 e. The van der Waals surface area contributed by atoms with Crippen LogP contribution in [0.1, 0.15) is 5.69 Å². The number of nitrogens with one attached hydrogen (secondary N) is 1. The first-order valence-electron chi connectivity index (χ1n) is 6.12. The molecule has 0 bridgehead atoms. The van der Waals surface area contributed by atoms with Gasteiger partial charge in [-0.2, -0.15) is 0 Å². The molecule has 0 saturated heterocycles. The lowest BCUT2D eigenvalue weighted by Gasteiger charge is -2.15. The van der Waals surface area contributed by atoms with Crippen LogP contribution in [0.4, 0.5) is 4.39 Å². The Morgan fingerprint density at radius 1 is 1.25 bits per heavy atom. The second-order valence-electron chi connectivity index (χ2n) is 4.30. The molecule has 1 unspecified atom stereocenters. The lowest BCUT2D eigenvalue weighted by atomic mass is 10.2. The highest BCUT2D eigenvalue weighted by atomic mass is 79.9. The molecule has 0 aliphatic heterocycles. The van der Waals surface area contributed by atoms with Gasteiger partial charge in [0.05, 0.1) is 0 Å². The monoisotopic (exact) mass is 355 g/mol. The first kappa shape index (κ1) is 15.4. The van der Waals surface area contributed by atoms with E-state index < -0.39 is 0 Å². The number of hydrogen-bond donors (Lipinski definition) is 2. The number of benzene rings is 1. The molecule has 20 heavy (non-hydrogen) atoms. The van der Waals surface area contributed by atoms with Crippen LogP contribution in [0, 0.1) is 5.82 Å². The maximum atomic E-state index is 12.8. The Labute approximate surface area is 130 Å². The van der Waals surface area contributed by atoms with Crippen molar-refractivity contribution < 1.29 is 4.39 Å². The van der Waals surface area contributed by atoms with Crippen molar-refractivity contribution in [2.45, 2.75) is 17.4 Å². The lowest BCUT2D eigenvalue weighted by molar-refractivity contribution is 0.569. The molecule has 2 aromatic rings. The van der Waals surface area contributed by atoms with Crippen LogP contribution >= 0.6 is 27.7 Å². The van der Waals surface area contributed by atoms with Crippen LogP contribution < -0.4 is 11.3 Å². The highest BCUT2D eigenvalue weighted by Crippen LogP contribution is 2.20. The molecule has 2 rings (SSSR count). The fourth-order valence-corrected chi connectivity index (χ4v) is 2.84. The summed E-state index contributed by atoms with van der Waals surface area (Å²) in [5.41, 5.74) is 3.78. The Morgan fingerprint density at radius 3 is 2.60 bits per heavy atom. The van der Waals surface area contributed by atoms with Crippen molar-refractivity contribution in [2.24, 2.45) is 5.84 Å². The van der Waals surface area contributed by atoms with Crippen LogP contribution in [0.5, 0.6) is 0 Å². The van der Waals surface area contributed by atoms with Crippen molar-refractivity contribution in [3.05, 3.63) is 58.6 Å². The first-order valence-corrected chi connectivity index (χ1v) is 7.90. The standard InChI is InChI=1S/C14H15BrFN3S/c15-10-1-4-12(18-8-10)7-13(19-17)9-20-14-5-2-11(16)3-6-14/h1-6,8,13,19H,7,9,17H2. The molecule has 0 aliphatic rings. The Balaban J connectivity index is 1.88. The normalized spacial score (nSPS) is 12.3. The predicted octanol–water partition coefficient (Wildman–Crippen LogP) is 3.15. The minimum Gasteiger partial charge on any atom is -0.271 e. The molecule has 0 aliphatic carbocycles. The Bertz CT molecular complexity index is 533. The third-order valence-corrected chi connectivity index (χ3v) is 4.39. The number of pyridine rings is 1. The molecular formula is C14H15BrFN3S. The van der Waals surface area contributed by atoms with Gasteiger partial charge in [-0.15, -0.1) is 11.8 Å². The molecule has 1 aromatic carbocycles. The van der Waals surface area contributed by atoms with Crippen LogP contribution in [-0.2, 0) is 6.42 Å².